The van der Waals surface area contributed by atoms with Gasteiger partial charge in [-0.1, -0.05) is 6.07 Å². The highest BCUT2D eigenvalue weighted by Gasteiger charge is 2.12. The maximum absolute atomic E-state index is 12.8. The van der Waals surface area contributed by atoms with E-state index in [-0.39, 0.29) is 11.5 Å². The molecule has 3 N–H and O–H groups in total. The second-order valence-corrected chi connectivity index (χ2v) is 6.98. The van der Waals surface area contributed by atoms with Gasteiger partial charge in [-0.05, 0) is 42.8 Å². The molecule has 2 aromatic heterocycles. The molecular formula is C22H20N4O3. The van der Waals surface area contributed by atoms with Crippen LogP contribution in [0.1, 0.15) is 12.5 Å². The van der Waals surface area contributed by atoms with Crippen LogP contribution in [-0.4, -0.2) is 15.5 Å². The van der Waals surface area contributed by atoms with Crippen molar-refractivity contribution in [2.24, 2.45) is 7.05 Å². The number of ether oxygens (including phenoxy) is 1. The molecule has 7 nitrogen and oxygen atoms in total. The second kappa shape index (κ2) is 6.94. The van der Waals surface area contributed by atoms with Crippen LogP contribution in [0.5, 0.6) is 11.5 Å². The Balaban J connectivity index is 1.87. The lowest BCUT2D eigenvalue weighted by Crippen LogP contribution is -2.18. The quantitative estimate of drug-likeness (QED) is 0.412. The Bertz CT molecular complexity index is 1340. The number of anilines is 2. The van der Waals surface area contributed by atoms with Crippen molar-refractivity contribution in [3.05, 3.63) is 64.6 Å². The molecule has 0 fully saturated rings. The molecule has 0 atom stereocenters. The number of benzene rings is 2. The van der Waals surface area contributed by atoms with Gasteiger partial charge >= 0.3 is 0 Å². The Morgan fingerprint density at radius 3 is 2.62 bits per heavy atom. The van der Waals surface area contributed by atoms with Gasteiger partial charge in [0, 0.05) is 37.0 Å². The number of carbonyl (C=O) groups excluding carboxylic acids is 1. The van der Waals surface area contributed by atoms with E-state index in [2.05, 4.69) is 10.3 Å². The first-order valence-corrected chi connectivity index (χ1v) is 9.07. The fourth-order valence-corrected chi connectivity index (χ4v) is 3.36. The van der Waals surface area contributed by atoms with Crippen molar-refractivity contribution in [1.29, 1.82) is 0 Å². The van der Waals surface area contributed by atoms with Crippen molar-refractivity contribution >= 4 is 39.1 Å². The van der Waals surface area contributed by atoms with E-state index in [4.69, 9.17) is 10.5 Å². The molecule has 0 unspecified atom stereocenters. The second-order valence-electron chi connectivity index (χ2n) is 6.98. The van der Waals surface area contributed by atoms with Crippen molar-refractivity contribution in [2.45, 2.75) is 13.8 Å². The first kappa shape index (κ1) is 18.5. The molecule has 0 saturated carbocycles. The molecule has 0 radical (unpaired) electrons. The third-order valence-corrected chi connectivity index (χ3v) is 4.76. The summed E-state index contributed by atoms with van der Waals surface area (Å²) in [5, 5.41) is 4.69. The molecule has 1 amide bonds. The number of hydrogen-bond acceptors (Lipinski definition) is 5. The Kier molecular flexibility index (Phi) is 4.43. The standard InChI is InChI=1S/C22H20N4O3/c1-12-4-7-20(18(23)8-12)29-14-5-6-15-16-10-21(25-13(2)27)24-11-17(16)22(28)26(3)19(15)9-14/h4-11H,23H2,1-3H3,(H,24,25,27). The van der Waals surface area contributed by atoms with Gasteiger partial charge in [0.2, 0.25) is 5.91 Å². The molecule has 0 saturated heterocycles. The number of hydrogen-bond donors (Lipinski definition) is 2. The summed E-state index contributed by atoms with van der Waals surface area (Å²) < 4.78 is 7.50. The van der Waals surface area contributed by atoms with Gasteiger partial charge in [0.1, 0.15) is 17.3 Å². The Hall–Kier alpha value is -3.87. The molecule has 0 bridgehead atoms. The van der Waals surface area contributed by atoms with Gasteiger partial charge in [-0.3, -0.25) is 9.59 Å². The number of nitrogens with two attached hydrogens (primary N) is 1. The van der Waals surface area contributed by atoms with Gasteiger partial charge in [-0.2, -0.15) is 0 Å². The van der Waals surface area contributed by atoms with E-state index in [1.165, 1.54) is 13.1 Å². The number of pyridine rings is 2. The maximum atomic E-state index is 12.8. The molecule has 0 spiro atoms. The monoisotopic (exact) mass is 388 g/mol. The van der Waals surface area contributed by atoms with Gasteiger partial charge in [0.15, 0.2) is 0 Å². The lowest BCUT2D eigenvalue weighted by molar-refractivity contribution is -0.114. The number of nitrogens with zero attached hydrogens (tertiary/aromatic N) is 2. The zero-order valence-corrected chi connectivity index (χ0v) is 16.3. The molecule has 0 aliphatic rings. The zero-order chi connectivity index (χ0) is 20.7. The highest BCUT2D eigenvalue weighted by molar-refractivity contribution is 6.07. The first-order chi connectivity index (χ1) is 13.8. The maximum Gasteiger partial charge on any atom is 0.260 e. The smallest absolute Gasteiger partial charge is 0.260 e. The molecule has 4 aromatic rings. The number of aromatic nitrogens is 2. The molecule has 146 valence electrons. The molecule has 29 heavy (non-hydrogen) atoms. The topological polar surface area (TPSA) is 99.2 Å². The zero-order valence-electron chi connectivity index (χ0n) is 16.3. The molecule has 4 rings (SSSR count). The highest BCUT2D eigenvalue weighted by Crippen LogP contribution is 2.32. The average Bonchev–Trinajstić information content (AvgIpc) is 2.68. The third kappa shape index (κ3) is 3.38. The summed E-state index contributed by atoms with van der Waals surface area (Å²) >= 11 is 0. The van der Waals surface area contributed by atoms with Crippen LogP contribution in [0.4, 0.5) is 11.5 Å². The van der Waals surface area contributed by atoms with E-state index in [0.717, 1.165) is 10.9 Å². The first-order valence-electron chi connectivity index (χ1n) is 9.07. The largest absolute Gasteiger partial charge is 0.455 e. The summed E-state index contributed by atoms with van der Waals surface area (Å²) in [6.07, 6.45) is 1.49. The summed E-state index contributed by atoms with van der Waals surface area (Å²) in [4.78, 5) is 28.3. The summed E-state index contributed by atoms with van der Waals surface area (Å²) in [6, 6.07) is 12.8. The Morgan fingerprint density at radius 1 is 1.10 bits per heavy atom. The SMILES string of the molecule is CC(=O)Nc1cc2c(cn1)c(=O)n(C)c1cc(Oc3ccc(C)cc3N)ccc21. The van der Waals surface area contributed by atoms with E-state index in [0.29, 0.717) is 39.3 Å². The molecule has 2 heterocycles. The number of nitrogens with one attached hydrogen (secondary N) is 1. The minimum Gasteiger partial charge on any atom is -0.455 e. The van der Waals surface area contributed by atoms with Crippen molar-refractivity contribution < 1.29 is 9.53 Å². The molecule has 0 aliphatic heterocycles. The summed E-state index contributed by atoms with van der Waals surface area (Å²) in [5.41, 5.74) is 8.16. The van der Waals surface area contributed by atoms with E-state index in [1.54, 1.807) is 23.7 Å². The van der Waals surface area contributed by atoms with Gasteiger partial charge in [0.05, 0.1) is 16.6 Å². The molecular weight excluding hydrogens is 368 g/mol. The van der Waals surface area contributed by atoms with E-state index in [1.807, 2.05) is 37.3 Å². The van der Waals surface area contributed by atoms with Gasteiger partial charge in [-0.25, -0.2) is 4.98 Å². The number of aryl methyl sites for hydroxylation is 2. The minimum absolute atomic E-state index is 0.179. The molecule has 2 aromatic carbocycles. The van der Waals surface area contributed by atoms with E-state index < -0.39 is 0 Å². The number of amides is 1. The fraction of sp³-hybridized carbons (Fsp3) is 0.136. The number of fused-ring (bicyclic) bond motifs is 3. The van der Waals surface area contributed by atoms with Crippen LogP contribution in [0.15, 0.2) is 53.5 Å². The van der Waals surface area contributed by atoms with E-state index >= 15 is 0 Å². The van der Waals surface area contributed by atoms with Crippen LogP contribution in [0.3, 0.4) is 0 Å². The Morgan fingerprint density at radius 2 is 1.90 bits per heavy atom. The summed E-state index contributed by atoms with van der Waals surface area (Å²) in [6.45, 7) is 3.37. The minimum atomic E-state index is -0.226. The number of rotatable bonds is 3. The van der Waals surface area contributed by atoms with Gasteiger partial charge < -0.3 is 20.4 Å². The predicted molar refractivity (Wildman–Crippen MR) is 114 cm³/mol. The average molecular weight is 388 g/mol. The molecule has 7 heteroatoms. The van der Waals surface area contributed by atoms with Crippen LogP contribution in [0.2, 0.25) is 0 Å². The Labute approximate surface area is 166 Å². The van der Waals surface area contributed by atoms with Crippen LogP contribution >= 0.6 is 0 Å². The normalized spacial score (nSPS) is 11.0. The molecule has 0 aliphatic carbocycles. The van der Waals surface area contributed by atoms with Crippen LogP contribution in [0, 0.1) is 6.92 Å². The number of carbonyl (C=O) groups is 1. The van der Waals surface area contributed by atoms with Crippen LogP contribution in [0.25, 0.3) is 21.7 Å². The van der Waals surface area contributed by atoms with Crippen molar-refractivity contribution in [3.8, 4) is 11.5 Å². The highest BCUT2D eigenvalue weighted by atomic mass is 16.5. The van der Waals surface area contributed by atoms with Crippen LogP contribution in [-0.2, 0) is 11.8 Å². The van der Waals surface area contributed by atoms with Crippen molar-refractivity contribution in [1.82, 2.24) is 9.55 Å². The van der Waals surface area contributed by atoms with E-state index in [9.17, 15) is 9.59 Å². The predicted octanol–water partition coefficient (Wildman–Crippen LogP) is 3.73. The lowest BCUT2D eigenvalue weighted by atomic mass is 10.1. The fourth-order valence-electron chi connectivity index (χ4n) is 3.36. The summed E-state index contributed by atoms with van der Waals surface area (Å²) in [7, 11) is 1.70. The van der Waals surface area contributed by atoms with Crippen LogP contribution < -0.4 is 21.3 Å². The number of nitrogen functional groups attached to an aromatic ring is 1. The van der Waals surface area contributed by atoms with Crippen molar-refractivity contribution in [2.75, 3.05) is 11.1 Å². The van der Waals surface area contributed by atoms with Gasteiger partial charge in [0.25, 0.3) is 5.56 Å². The van der Waals surface area contributed by atoms with Crippen molar-refractivity contribution in [3.63, 3.8) is 0 Å². The third-order valence-electron chi connectivity index (χ3n) is 4.76. The van der Waals surface area contributed by atoms with Gasteiger partial charge in [-0.15, -0.1) is 0 Å². The lowest BCUT2D eigenvalue weighted by Gasteiger charge is -2.13. The summed E-state index contributed by atoms with van der Waals surface area (Å²) in [5.74, 6) is 1.29.